The van der Waals surface area contributed by atoms with Gasteiger partial charge in [-0.25, -0.2) is 0 Å². The minimum atomic E-state index is 0.0805. The van der Waals surface area contributed by atoms with Crippen LogP contribution < -0.4 is 5.32 Å². The average Bonchev–Trinajstić information content (AvgIpc) is 2.62. The highest BCUT2D eigenvalue weighted by atomic mass is 16.2. The first kappa shape index (κ1) is 16.8. The van der Waals surface area contributed by atoms with Crippen LogP contribution in [0.1, 0.15) is 85.0 Å². The number of nitrogens with zero attached hydrogens (tertiary/aromatic N) is 1. The first-order valence-electron chi connectivity index (χ1n) is 9.27. The Morgan fingerprint density at radius 1 is 1.10 bits per heavy atom. The lowest BCUT2D eigenvalue weighted by Gasteiger charge is -2.35. The molecule has 1 aliphatic carbocycles. The van der Waals surface area contributed by atoms with Crippen molar-refractivity contribution < 1.29 is 4.79 Å². The van der Waals surface area contributed by atoms with Gasteiger partial charge in [0.15, 0.2) is 0 Å². The molecule has 21 heavy (non-hydrogen) atoms. The summed E-state index contributed by atoms with van der Waals surface area (Å²) in [6.45, 7) is 6.78. The number of rotatable bonds is 6. The maximum Gasteiger partial charge on any atom is 0.241 e. The molecule has 2 rings (SSSR count). The highest BCUT2D eigenvalue weighted by molar-refractivity contribution is 5.84. The average molecular weight is 294 g/mol. The predicted molar refractivity (Wildman–Crippen MR) is 88.0 cm³/mol. The quantitative estimate of drug-likeness (QED) is 0.749. The Morgan fingerprint density at radius 2 is 1.86 bits per heavy atom. The van der Waals surface area contributed by atoms with Crippen molar-refractivity contribution in [2.45, 2.75) is 103 Å². The van der Waals surface area contributed by atoms with E-state index in [0.717, 1.165) is 25.7 Å². The van der Waals surface area contributed by atoms with Crippen molar-refractivity contribution in [3.63, 3.8) is 0 Å². The molecule has 1 saturated carbocycles. The fraction of sp³-hybridized carbons (Fsp3) is 0.944. The monoisotopic (exact) mass is 294 g/mol. The molecule has 1 N–H and O–H groups in total. The number of amides is 1. The minimum Gasteiger partial charge on any atom is -0.323 e. The van der Waals surface area contributed by atoms with Crippen LogP contribution in [0, 0.1) is 5.92 Å². The summed E-state index contributed by atoms with van der Waals surface area (Å²) in [5.74, 6) is 1.04. The summed E-state index contributed by atoms with van der Waals surface area (Å²) in [4.78, 5) is 15.2. The SMILES string of the molecule is CCCCC1NC(CCC)N(C2CCCCCC2C)C1=O. The van der Waals surface area contributed by atoms with Gasteiger partial charge in [0, 0.05) is 6.04 Å². The van der Waals surface area contributed by atoms with E-state index in [9.17, 15) is 4.79 Å². The highest BCUT2D eigenvalue weighted by Crippen LogP contribution is 2.32. The smallest absolute Gasteiger partial charge is 0.241 e. The molecule has 1 aliphatic heterocycles. The standard InChI is InChI=1S/C18H34N2O/c1-4-6-12-15-18(21)20(17(19-15)10-5-2)16-13-9-7-8-11-14(16)3/h14-17,19H,4-13H2,1-3H3. The lowest BCUT2D eigenvalue weighted by Crippen LogP contribution is -2.47. The molecule has 3 nitrogen and oxygen atoms in total. The molecule has 0 aromatic rings. The van der Waals surface area contributed by atoms with E-state index >= 15 is 0 Å². The van der Waals surface area contributed by atoms with Gasteiger partial charge in [0.1, 0.15) is 0 Å². The summed E-state index contributed by atoms with van der Waals surface area (Å²) in [5, 5.41) is 3.64. The largest absolute Gasteiger partial charge is 0.323 e. The Hall–Kier alpha value is -0.570. The zero-order chi connectivity index (χ0) is 15.2. The van der Waals surface area contributed by atoms with E-state index < -0.39 is 0 Å². The van der Waals surface area contributed by atoms with E-state index in [-0.39, 0.29) is 12.2 Å². The number of hydrogen-bond acceptors (Lipinski definition) is 2. The molecule has 0 aromatic heterocycles. The molecule has 4 unspecified atom stereocenters. The Balaban J connectivity index is 2.10. The molecule has 0 bridgehead atoms. The van der Waals surface area contributed by atoms with Crippen LogP contribution in [0.15, 0.2) is 0 Å². The molecule has 1 heterocycles. The van der Waals surface area contributed by atoms with Gasteiger partial charge < -0.3 is 4.90 Å². The van der Waals surface area contributed by atoms with Crippen LogP contribution in [0.2, 0.25) is 0 Å². The van der Waals surface area contributed by atoms with Crippen LogP contribution in [-0.4, -0.2) is 29.1 Å². The van der Waals surface area contributed by atoms with Crippen LogP contribution >= 0.6 is 0 Å². The Bertz CT molecular complexity index is 331. The lowest BCUT2D eigenvalue weighted by molar-refractivity contribution is -0.133. The first-order valence-corrected chi connectivity index (χ1v) is 9.27. The van der Waals surface area contributed by atoms with E-state index in [1.807, 2.05) is 0 Å². The molecular weight excluding hydrogens is 260 g/mol. The van der Waals surface area contributed by atoms with Crippen LogP contribution in [0.25, 0.3) is 0 Å². The molecule has 0 spiro atoms. The van der Waals surface area contributed by atoms with Crippen molar-refractivity contribution in [3.05, 3.63) is 0 Å². The Kier molecular flexibility index (Phi) is 6.53. The van der Waals surface area contributed by atoms with Crippen molar-refractivity contribution >= 4 is 5.91 Å². The summed E-state index contributed by atoms with van der Waals surface area (Å²) in [6.07, 6.45) is 12.3. The van der Waals surface area contributed by atoms with Crippen LogP contribution in [-0.2, 0) is 4.79 Å². The number of carbonyl (C=O) groups excluding carboxylic acids is 1. The molecule has 0 radical (unpaired) electrons. The maximum atomic E-state index is 12.9. The molecule has 2 aliphatic rings. The third kappa shape index (κ3) is 4.00. The molecule has 1 saturated heterocycles. The molecule has 4 atom stereocenters. The zero-order valence-corrected chi connectivity index (χ0v) is 14.2. The van der Waals surface area contributed by atoms with Crippen LogP contribution in [0.3, 0.4) is 0 Å². The van der Waals surface area contributed by atoms with Gasteiger partial charge in [-0.2, -0.15) is 0 Å². The van der Waals surface area contributed by atoms with E-state index in [2.05, 4.69) is 31.0 Å². The van der Waals surface area contributed by atoms with E-state index in [4.69, 9.17) is 0 Å². The number of hydrogen-bond donors (Lipinski definition) is 1. The number of unbranched alkanes of at least 4 members (excludes halogenated alkanes) is 1. The molecule has 122 valence electrons. The fourth-order valence-electron chi connectivity index (χ4n) is 4.11. The second-order valence-corrected chi connectivity index (χ2v) is 7.09. The third-order valence-corrected chi connectivity index (χ3v) is 5.36. The van der Waals surface area contributed by atoms with Crippen LogP contribution in [0.4, 0.5) is 0 Å². The van der Waals surface area contributed by atoms with Gasteiger partial charge in [-0.15, -0.1) is 0 Å². The van der Waals surface area contributed by atoms with Crippen LogP contribution in [0.5, 0.6) is 0 Å². The van der Waals surface area contributed by atoms with Crippen molar-refractivity contribution in [2.24, 2.45) is 5.92 Å². The van der Waals surface area contributed by atoms with Crippen molar-refractivity contribution in [2.75, 3.05) is 0 Å². The lowest BCUT2D eigenvalue weighted by atomic mass is 9.94. The minimum absolute atomic E-state index is 0.0805. The van der Waals surface area contributed by atoms with E-state index in [1.54, 1.807) is 0 Å². The van der Waals surface area contributed by atoms with Gasteiger partial charge in [0.2, 0.25) is 5.91 Å². The molecular formula is C18H34N2O. The molecule has 2 fully saturated rings. The van der Waals surface area contributed by atoms with Gasteiger partial charge in [0.05, 0.1) is 12.2 Å². The van der Waals surface area contributed by atoms with Gasteiger partial charge in [-0.3, -0.25) is 10.1 Å². The maximum absolute atomic E-state index is 12.9. The number of carbonyl (C=O) groups is 1. The Morgan fingerprint density at radius 3 is 2.57 bits per heavy atom. The summed E-state index contributed by atoms with van der Waals surface area (Å²) in [6, 6.07) is 0.549. The fourth-order valence-corrected chi connectivity index (χ4v) is 4.11. The van der Waals surface area contributed by atoms with Gasteiger partial charge in [-0.05, 0) is 31.6 Å². The molecule has 3 heteroatoms. The second-order valence-electron chi connectivity index (χ2n) is 7.09. The summed E-state index contributed by atoms with van der Waals surface area (Å²) in [5.41, 5.74) is 0. The highest BCUT2D eigenvalue weighted by Gasteiger charge is 2.42. The predicted octanol–water partition coefficient (Wildman–Crippen LogP) is 4.07. The van der Waals surface area contributed by atoms with E-state index in [1.165, 1.54) is 38.5 Å². The first-order chi connectivity index (χ1) is 10.2. The normalized spacial score (nSPS) is 34.2. The molecule has 0 aromatic carbocycles. The van der Waals surface area contributed by atoms with Crippen molar-refractivity contribution in [1.29, 1.82) is 0 Å². The third-order valence-electron chi connectivity index (χ3n) is 5.36. The Labute approximate surface area is 130 Å². The molecule has 1 amide bonds. The van der Waals surface area contributed by atoms with Gasteiger partial charge in [0.25, 0.3) is 0 Å². The summed E-state index contributed by atoms with van der Waals surface area (Å²) in [7, 11) is 0. The number of nitrogens with one attached hydrogen (secondary N) is 1. The van der Waals surface area contributed by atoms with Gasteiger partial charge in [-0.1, -0.05) is 59.3 Å². The van der Waals surface area contributed by atoms with Gasteiger partial charge >= 0.3 is 0 Å². The zero-order valence-electron chi connectivity index (χ0n) is 14.2. The van der Waals surface area contributed by atoms with E-state index in [0.29, 0.717) is 17.9 Å². The summed E-state index contributed by atoms with van der Waals surface area (Å²) < 4.78 is 0. The van der Waals surface area contributed by atoms with Crippen molar-refractivity contribution in [3.8, 4) is 0 Å². The summed E-state index contributed by atoms with van der Waals surface area (Å²) >= 11 is 0. The van der Waals surface area contributed by atoms with Crippen molar-refractivity contribution in [1.82, 2.24) is 10.2 Å². The second kappa shape index (κ2) is 8.17. The topological polar surface area (TPSA) is 32.3 Å².